The van der Waals surface area contributed by atoms with Gasteiger partial charge < -0.3 is 10.1 Å². The number of ether oxygens (including phenoxy) is 1. The zero-order chi connectivity index (χ0) is 15.2. The van der Waals surface area contributed by atoms with Crippen LogP contribution in [0.25, 0.3) is 0 Å². The molecule has 1 amide bonds. The number of methoxy groups -OCH3 is 1. The van der Waals surface area contributed by atoms with Crippen LogP contribution in [-0.2, 0) is 11.3 Å². The fraction of sp³-hybridized carbons (Fsp3) is 0.267. The first-order chi connectivity index (χ1) is 10.1. The minimum absolute atomic E-state index is 0.0790. The molecule has 0 fully saturated rings. The smallest absolute Gasteiger partial charge is 0.238 e. The summed E-state index contributed by atoms with van der Waals surface area (Å²) in [6.45, 7) is 0.990. The third-order valence-electron chi connectivity index (χ3n) is 2.85. The van der Waals surface area contributed by atoms with Gasteiger partial charge in [-0.15, -0.1) is 11.3 Å². The van der Waals surface area contributed by atoms with Gasteiger partial charge in [0.2, 0.25) is 5.91 Å². The number of para-hydroxylation sites is 2. The Morgan fingerprint density at radius 1 is 1.33 bits per heavy atom. The summed E-state index contributed by atoms with van der Waals surface area (Å²) < 4.78 is 5.97. The predicted molar refractivity (Wildman–Crippen MR) is 87.3 cm³/mol. The lowest BCUT2D eigenvalue weighted by Gasteiger charge is -2.16. The van der Waals surface area contributed by atoms with E-state index in [4.69, 9.17) is 16.3 Å². The number of hydrogen-bond donors (Lipinski definition) is 1. The summed E-state index contributed by atoms with van der Waals surface area (Å²) in [4.78, 5) is 15.1. The van der Waals surface area contributed by atoms with Gasteiger partial charge >= 0.3 is 0 Å². The molecule has 1 aromatic carbocycles. The van der Waals surface area contributed by atoms with E-state index in [1.807, 2.05) is 48.3 Å². The van der Waals surface area contributed by atoms with Gasteiger partial charge in [-0.2, -0.15) is 0 Å². The number of anilines is 1. The number of amides is 1. The van der Waals surface area contributed by atoms with Gasteiger partial charge in [0, 0.05) is 11.4 Å². The van der Waals surface area contributed by atoms with Crippen LogP contribution in [0.15, 0.2) is 36.4 Å². The third kappa shape index (κ3) is 4.74. The number of rotatable bonds is 6. The number of carbonyl (C=O) groups is 1. The lowest BCUT2D eigenvalue weighted by atomic mass is 10.3. The quantitative estimate of drug-likeness (QED) is 0.884. The van der Waals surface area contributed by atoms with E-state index in [-0.39, 0.29) is 5.91 Å². The van der Waals surface area contributed by atoms with Gasteiger partial charge in [-0.05, 0) is 31.3 Å². The molecule has 0 atom stereocenters. The fourth-order valence-corrected chi connectivity index (χ4v) is 3.11. The second kappa shape index (κ2) is 7.45. The van der Waals surface area contributed by atoms with E-state index in [0.717, 1.165) is 9.21 Å². The van der Waals surface area contributed by atoms with Gasteiger partial charge in [0.15, 0.2) is 0 Å². The molecule has 0 radical (unpaired) electrons. The molecule has 0 bridgehead atoms. The van der Waals surface area contributed by atoms with Crippen molar-refractivity contribution < 1.29 is 9.53 Å². The van der Waals surface area contributed by atoms with Crippen molar-refractivity contribution in [2.75, 3.05) is 26.0 Å². The topological polar surface area (TPSA) is 41.6 Å². The summed E-state index contributed by atoms with van der Waals surface area (Å²) in [6, 6.07) is 11.2. The normalized spacial score (nSPS) is 10.7. The highest BCUT2D eigenvalue weighted by molar-refractivity contribution is 7.16. The maximum atomic E-state index is 12.1. The molecule has 0 unspecified atom stereocenters. The summed E-state index contributed by atoms with van der Waals surface area (Å²) in [6.07, 6.45) is 0. The van der Waals surface area contributed by atoms with Crippen molar-refractivity contribution in [1.29, 1.82) is 0 Å². The molecule has 0 aliphatic heterocycles. The number of likely N-dealkylation sites (N-methyl/N-ethyl adjacent to an activating group) is 1. The molecular weight excluding hydrogens is 308 g/mol. The molecule has 1 heterocycles. The molecule has 2 rings (SSSR count). The Hall–Kier alpha value is -1.56. The van der Waals surface area contributed by atoms with Crippen molar-refractivity contribution in [2.24, 2.45) is 0 Å². The first-order valence-electron chi connectivity index (χ1n) is 6.44. The molecule has 0 spiro atoms. The van der Waals surface area contributed by atoms with E-state index in [1.165, 1.54) is 11.3 Å². The molecule has 21 heavy (non-hydrogen) atoms. The summed E-state index contributed by atoms with van der Waals surface area (Å²) in [5.41, 5.74) is 0.678. The molecule has 1 aromatic heterocycles. The van der Waals surface area contributed by atoms with E-state index in [0.29, 0.717) is 24.5 Å². The lowest BCUT2D eigenvalue weighted by Crippen LogP contribution is -2.29. The molecule has 6 heteroatoms. The second-order valence-electron chi connectivity index (χ2n) is 4.63. The van der Waals surface area contributed by atoms with Gasteiger partial charge in [-0.25, -0.2) is 0 Å². The van der Waals surface area contributed by atoms with Crippen molar-refractivity contribution >= 4 is 34.5 Å². The molecule has 112 valence electrons. The van der Waals surface area contributed by atoms with Crippen LogP contribution in [0, 0.1) is 0 Å². The first kappa shape index (κ1) is 15.8. The van der Waals surface area contributed by atoms with E-state index in [2.05, 4.69) is 5.32 Å². The second-order valence-corrected chi connectivity index (χ2v) is 6.43. The SMILES string of the molecule is COc1ccccc1NC(=O)CN(C)Cc1ccc(Cl)s1. The largest absolute Gasteiger partial charge is 0.495 e. The van der Waals surface area contributed by atoms with Gasteiger partial charge in [0.25, 0.3) is 0 Å². The van der Waals surface area contributed by atoms with Gasteiger partial charge in [0.1, 0.15) is 5.75 Å². The summed E-state index contributed by atoms with van der Waals surface area (Å²) in [5.74, 6) is 0.572. The van der Waals surface area contributed by atoms with E-state index >= 15 is 0 Å². The van der Waals surface area contributed by atoms with Gasteiger partial charge in [-0.1, -0.05) is 23.7 Å². The Labute approximate surface area is 133 Å². The van der Waals surface area contributed by atoms with Crippen molar-refractivity contribution in [1.82, 2.24) is 4.90 Å². The average molecular weight is 325 g/mol. The van der Waals surface area contributed by atoms with Crippen LogP contribution >= 0.6 is 22.9 Å². The lowest BCUT2D eigenvalue weighted by molar-refractivity contribution is -0.117. The van der Waals surface area contributed by atoms with Crippen LogP contribution in [-0.4, -0.2) is 31.5 Å². The number of hydrogen-bond acceptors (Lipinski definition) is 4. The Balaban J connectivity index is 1.89. The zero-order valence-corrected chi connectivity index (χ0v) is 13.5. The Bertz CT molecular complexity index is 615. The number of halogens is 1. The monoisotopic (exact) mass is 324 g/mol. The standard InChI is InChI=1S/C15H17ClN2O2S/c1-18(9-11-7-8-14(16)21-11)10-15(19)17-12-5-3-4-6-13(12)20-2/h3-8H,9-10H2,1-2H3,(H,17,19). The van der Waals surface area contributed by atoms with Crippen LogP contribution in [0.4, 0.5) is 5.69 Å². The van der Waals surface area contributed by atoms with E-state index in [1.54, 1.807) is 7.11 Å². The van der Waals surface area contributed by atoms with Gasteiger partial charge in [0.05, 0.1) is 23.7 Å². The molecular formula is C15H17ClN2O2S. The molecule has 0 saturated heterocycles. The van der Waals surface area contributed by atoms with Crippen LogP contribution < -0.4 is 10.1 Å². The average Bonchev–Trinajstić information content (AvgIpc) is 2.84. The highest BCUT2D eigenvalue weighted by Gasteiger charge is 2.10. The number of carbonyl (C=O) groups excluding carboxylic acids is 1. The Morgan fingerprint density at radius 2 is 2.10 bits per heavy atom. The Kier molecular flexibility index (Phi) is 5.61. The predicted octanol–water partition coefficient (Wildman–Crippen LogP) is 3.48. The summed E-state index contributed by atoms with van der Waals surface area (Å²) in [7, 11) is 3.48. The van der Waals surface area contributed by atoms with Crippen molar-refractivity contribution in [3.05, 3.63) is 45.6 Å². The van der Waals surface area contributed by atoms with Crippen LogP contribution in [0.1, 0.15) is 4.88 Å². The van der Waals surface area contributed by atoms with Crippen molar-refractivity contribution in [3.8, 4) is 5.75 Å². The fourth-order valence-electron chi connectivity index (χ4n) is 1.94. The number of nitrogens with one attached hydrogen (secondary N) is 1. The van der Waals surface area contributed by atoms with Crippen LogP contribution in [0.2, 0.25) is 4.34 Å². The minimum atomic E-state index is -0.0790. The molecule has 0 saturated carbocycles. The maximum Gasteiger partial charge on any atom is 0.238 e. The molecule has 1 N–H and O–H groups in total. The highest BCUT2D eigenvalue weighted by atomic mass is 35.5. The molecule has 2 aromatic rings. The summed E-state index contributed by atoms with van der Waals surface area (Å²) >= 11 is 7.42. The highest BCUT2D eigenvalue weighted by Crippen LogP contribution is 2.24. The first-order valence-corrected chi connectivity index (χ1v) is 7.63. The number of nitrogens with zero attached hydrogens (tertiary/aromatic N) is 1. The Morgan fingerprint density at radius 3 is 2.76 bits per heavy atom. The molecule has 4 nitrogen and oxygen atoms in total. The maximum absolute atomic E-state index is 12.1. The summed E-state index contributed by atoms with van der Waals surface area (Å²) in [5, 5.41) is 2.86. The number of thiophene rings is 1. The number of benzene rings is 1. The van der Waals surface area contributed by atoms with E-state index in [9.17, 15) is 4.79 Å². The molecule has 0 aliphatic rings. The zero-order valence-electron chi connectivity index (χ0n) is 11.9. The minimum Gasteiger partial charge on any atom is -0.495 e. The molecule has 0 aliphatic carbocycles. The van der Waals surface area contributed by atoms with E-state index < -0.39 is 0 Å². The van der Waals surface area contributed by atoms with Crippen molar-refractivity contribution in [2.45, 2.75) is 6.54 Å². The van der Waals surface area contributed by atoms with Crippen LogP contribution in [0.3, 0.4) is 0 Å². The van der Waals surface area contributed by atoms with Gasteiger partial charge in [-0.3, -0.25) is 9.69 Å². The van der Waals surface area contributed by atoms with Crippen molar-refractivity contribution in [3.63, 3.8) is 0 Å². The third-order valence-corrected chi connectivity index (χ3v) is 4.07. The van der Waals surface area contributed by atoms with Crippen LogP contribution in [0.5, 0.6) is 5.75 Å².